The summed E-state index contributed by atoms with van der Waals surface area (Å²) in [5.74, 6) is 0.669. The van der Waals surface area contributed by atoms with Crippen molar-refractivity contribution in [3.8, 4) is 11.5 Å². The SMILES string of the molecule is C=CCNC(=O)COc1cc(OCCC)ccc1C=O. The van der Waals surface area contributed by atoms with Gasteiger partial charge in [0.05, 0.1) is 12.2 Å². The van der Waals surface area contributed by atoms with Crippen molar-refractivity contribution in [1.82, 2.24) is 5.32 Å². The molecule has 0 radical (unpaired) electrons. The Hall–Kier alpha value is -2.30. The van der Waals surface area contributed by atoms with E-state index in [1.807, 2.05) is 6.92 Å². The second kappa shape index (κ2) is 8.74. The van der Waals surface area contributed by atoms with Crippen LogP contribution >= 0.6 is 0 Å². The summed E-state index contributed by atoms with van der Waals surface area (Å²) in [5.41, 5.74) is 0.380. The molecule has 20 heavy (non-hydrogen) atoms. The summed E-state index contributed by atoms with van der Waals surface area (Å²) >= 11 is 0. The molecule has 0 aromatic heterocycles. The fourth-order valence-corrected chi connectivity index (χ4v) is 1.43. The molecule has 0 aliphatic rings. The number of amides is 1. The Labute approximate surface area is 118 Å². The summed E-state index contributed by atoms with van der Waals surface area (Å²) in [6.45, 7) is 6.30. The molecule has 0 spiro atoms. The molecule has 0 fully saturated rings. The van der Waals surface area contributed by atoms with E-state index in [1.165, 1.54) is 0 Å². The maximum Gasteiger partial charge on any atom is 0.258 e. The van der Waals surface area contributed by atoms with Crippen LogP contribution in [-0.4, -0.2) is 32.0 Å². The zero-order chi connectivity index (χ0) is 14.8. The number of nitrogens with one attached hydrogen (secondary N) is 1. The Morgan fingerprint density at radius 1 is 1.40 bits per heavy atom. The first-order valence-corrected chi connectivity index (χ1v) is 6.43. The van der Waals surface area contributed by atoms with E-state index in [2.05, 4.69) is 11.9 Å². The lowest BCUT2D eigenvalue weighted by atomic mass is 10.2. The summed E-state index contributed by atoms with van der Waals surface area (Å²) in [7, 11) is 0. The minimum Gasteiger partial charge on any atom is -0.493 e. The highest BCUT2D eigenvalue weighted by Crippen LogP contribution is 2.23. The van der Waals surface area contributed by atoms with Gasteiger partial charge in [0.1, 0.15) is 11.5 Å². The number of hydrogen-bond donors (Lipinski definition) is 1. The Kier molecular flexibility index (Phi) is 6.89. The summed E-state index contributed by atoms with van der Waals surface area (Å²) in [5, 5.41) is 2.59. The molecule has 0 heterocycles. The Morgan fingerprint density at radius 2 is 2.20 bits per heavy atom. The Morgan fingerprint density at radius 3 is 2.85 bits per heavy atom. The minimum atomic E-state index is -0.276. The predicted octanol–water partition coefficient (Wildman–Crippen LogP) is 1.97. The van der Waals surface area contributed by atoms with Crippen molar-refractivity contribution in [2.45, 2.75) is 13.3 Å². The van der Waals surface area contributed by atoms with Crippen LogP contribution in [0.5, 0.6) is 11.5 Å². The van der Waals surface area contributed by atoms with E-state index < -0.39 is 0 Å². The van der Waals surface area contributed by atoms with Gasteiger partial charge in [0.25, 0.3) is 5.91 Å². The molecular formula is C15H19NO4. The molecule has 0 atom stereocenters. The Balaban J connectivity index is 2.67. The first-order valence-electron chi connectivity index (χ1n) is 6.43. The maximum absolute atomic E-state index is 11.4. The van der Waals surface area contributed by atoms with Gasteiger partial charge in [-0.1, -0.05) is 13.0 Å². The van der Waals surface area contributed by atoms with Gasteiger partial charge >= 0.3 is 0 Å². The van der Waals surface area contributed by atoms with Gasteiger partial charge in [-0.2, -0.15) is 0 Å². The van der Waals surface area contributed by atoms with Gasteiger partial charge < -0.3 is 14.8 Å². The molecule has 0 saturated carbocycles. The van der Waals surface area contributed by atoms with Crippen molar-refractivity contribution in [1.29, 1.82) is 0 Å². The predicted molar refractivity (Wildman–Crippen MR) is 76.3 cm³/mol. The van der Waals surface area contributed by atoms with Crippen LogP contribution in [0.2, 0.25) is 0 Å². The van der Waals surface area contributed by atoms with Crippen molar-refractivity contribution in [2.24, 2.45) is 0 Å². The lowest BCUT2D eigenvalue weighted by Crippen LogP contribution is -2.28. The van der Waals surface area contributed by atoms with Crippen molar-refractivity contribution in [3.63, 3.8) is 0 Å². The van der Waals surface area contributed by atoms with E-state index in [4.69, 9.17) is 9.47 Å². The number of rotatable bonds is 9. The van der Waals surface area contributed by atoms with Gasteiger partial charge in [-0.3, -0.25) is 9.59 Å². The monoisotopic (exact) mass is 277 g/mol. The molecule has 108 valence electrons. The van der Waals surface area contributed by atoms with Crippen molar-refractivity contribution in [3.05, 3.63) is 36.4 Å². The average Bonchev–Trinajstić information content (AvgIpc) is 2.48. The summed E-state index contributed by atoms with van der Waals surface area (Å²) in [6, 6.07) is 4.92. The third-order valence-corrected chi connectivity index (χ3v) is 2.39. The summed E-state index contributed by atoms with van der Waals surface area (Å²) in [6.07, 6.45) is 3.14. The largest absolute Gasteiger partial charge is 0.493 e. The molecule has 1 rings (SSSR count). The second-order valence-corrected chi connectivity index (χ2v) is 4.05. The first-order chi connectivity index (χ1) is 9.71. The van der Waals surface area contributed by atoms with E-state index in [1.54, 1.807) is 24.3 Å². The lowest BCUT2D eigenvalue weighted by Gasteiger charge is -2.11. The fraction of sp³-hybridized carbons (Fsp3) is 0.333. The van der Waals surface area contributed by atoms with E-state index in [0.29, 0.717) is 36.5 Å². The van der Waals surface area contributed by atoms with Crippen LogP contribution in [0.1, 0.15) is 23.7 Å². The van der Waals surface area contributed by atoms with Crippen LogP contribution in [0.4, 0.5) is 0 Å². The molecule has 1 aromatic carbocycles. The second-order valence-electron chi connectivity index (χ2n) is 4.05. The molecule has 0 saturated heterocycles. The molecule has 1 aromatic rings. The van der Waals surface area contributed by atoms with Gasteiger partial charge in [0, 0.05) is 12.6 Å². The zero-order valence-corrected chi connectivity index (χ0v) is 11.6. The molecule has 1 N–H and O–H groups in total. The van der Waals surface area contributed by atoms with Crippen molar-refractivity contribution in [2.75, 3.05) is 19.8 Å². The van der Waals surface area contributed by atoms with E-state index in [9.17, 15) is 9.59 Å². The van der Waals surface area contributed by atoms with Gasteiger partial charge in [-0.15, -0.1) is 6.58 Å². The number of carbonyl (C=O) groups is 2. The molecule has 0 unspecified atom stereocenters. The van der Waals surface area contributed by atoms with E-state index in [-0.39, 0.29) is 12.5 Å². The minimum absolute atomic E-state index is 0.161. The van der Waals surface area contributed by atoms with Gasteiger partial charge in [0.15, 0.2) is 12.9 Å². The van der Waals surface area contributed by atoms with Crippen molar-refractivity contribution < 1.29 is 19.1 Å². The molecule has 0 aliphatic carbocycles. The molecule has 1 amide bonds. The Bertz CT molecular complexity index is 471. The smallest absolute Gasteiger partial charge is 0.258 e. The number of hydrogen-bond acceptors (Lipinski definition) is 4. The first kappa shape index (κ1) is 15.8. The van der Waals surface area contributed by atoms with Crippen LogP contribution in [0.3, 0.4) is 0 Å². The standard InChI is InChI=1S/C15H19NO4/c1-3-7-16-15(18)11-20-14-9-13(19-8-4-2)6-5-12(14)10-17/h3,5-6,9-10H,1,4,7-8,11H2,2H3,(H,16,18). The highest BCUT2D eigenvalue weighted by molar-refractivity contribution is 5.81. The van der Waals surface area contributed by atoms with Crippen LogP contribution < -0.4 is 14.8 Å². The number of aldehydes is 1. The third-order valence-electron chi connectivity index (χ3n) is 2.39. The molecule has 5 nitrogen and oxygen atoms in total. The highest BCUT2D eigenvalue weighted by Gasteiger charge is 2.08. The molecule has 0 aliphatic heterocycles. The maximum atomic E-state index is 11.4. The van der Waals surface area contributed by atoms with Gasteiger partial charge in [-0.05, 0) is 18.6 Å². The number of carbonyl (C=O) groups excluding carboxylic acids is 2. The highest BCUT2D eigenvalue weighted by atomic mass is 16.5. The zero-order valence-electron chi connectivity index (χ0n) is 11.6. The molecule has 5 heteroatoms. The number of benzene rings is 1. The quantitative estimate of drug-likeness (QED) is 0.553. The van der Waals surface area contributed by atoms with Crippen LogP contribution in [0.15, 0.2) is 30.9 Å². The topological polar surface area (TPSA) is 64.6 Å². The number of ether oxygens (including phenoxy) is 2. The lowest BCUT2D eigenvalue weighted by molar-refractivity contribution is -0.122. The average molecular weight is 277 g/mol. The summed E-state index contributed by atoms with van der Waals surface area (Å²) in [4.78, 5) is 22.4. The van der Waals surface area contributed by atoms with Gasteiger partial charge in [0.2, 0.25) is 0 Å². The van der Waals surface area contributed by atoms with Crippen LogP contribution in [-0.2, 0) is 4.79 Å². The third kappa shape index (κ3) is 5.14. The van der Waals surface area contributed by atoms with Crippen LogP contribution in [0, 0.1) is 0 Å². The van der Waals surface area contributed by atoms with Gasteiger partial charge in [-0.25, -0.2) is 0 Å². The van der Waals surface area contributed by atoms with E-state index in [0.717, 1.165) is 6.42 Å². The van der Waals surface area contributed by atoms with Crippen molar-refractivity contribution >= 4 is 12.2 Å². The normalized spacial score (nSPS) is 9.65. The molecular weight excluding hydrogens is 258 g/mol. The molecule has 0 bridgehead atoms. The van der Waals surface area contributed by atoms with Crippen LogP contribution in [0.25, 0.3) is 0 Å². The summed E-state index contributed by atoms with van der Waals surface area (Å²) < 4.78 is 10.8. The van der Waals surface area contributed by atoms with E-state index >= 15 is 0 Å². The fourth-order valence-electron chi connectivity index (χ4n) is 1.43.